The lowest BCUT2D eigenvalue weighted by Crippen LogP contribution is -2.51. The smallest absolute Gasteiger partial charge is 0.323 e. The van der Waals surface area contributed by atoms with Crippen molar-refractivity contribution in [2.24, 2.45) is 0 Å². The van der Waals surface area contributed by atoms with Gasteiger partial charge < -0.3 is 5.32 Å². The van der Waals surface area contributed by atoms with Crippen LogP contribution in [-0.2, 0) is 24.2 Å². The van der Waals surface area contributed by atoms with Crippen molar-refractivity contribution in [2.75, 3.05) is 0 Å². The number of pyridine rings is 1. The van der Waals surface area contributed by atoms with Crippen molar-refractivity contribution < 1.29 is 9.59 Å². The molecule has 0 radical (unpaired) electrons. The van der Waals surface area contributed by atoms with Gasteiger partial charge in [0.2, 0.25) is 0 Å². The number of amides is 3. The Labute approximate surface area is 149 Å². The van der Waals surface area contributed by atoms with Gasteiger partial charge in [-0.2, -0.15) is 5.10 Å². The number of rotatable bonds is 2. The molecule has 0 saturated carbocycles. The van der Waals surface area contributed by atoms with Gasteiger partial charge in [-0.1, -0.05) is 30.3 Å². The average molecular weight is 347 g/mol. The van der Waals surface area contributed by atoms with Gasteiger partial charge in [0, 0.05) is 6.42 Å². The fourth-order valence-electron chi connectivity index (χ4n) is 4.03. The molecule has 1 N–H and O–H groups in total. The van der Waals surface area contributed by atoms with Gasteiger partial charge in [-0.05, 0) is 36.1 Å². The number of benzene rings is 1. The van der Waals surface area contributed by atoms with Gasteiger partial charge in [-0.15, -0.1) is 0 Å². The van der Waals surface area contributed by atoms with E-state index >= 15 is 0 Å². The van der Waals surface area contributed by atoms with Crippen LogP contribution < -0.4 is 5.32 Å². The Hall–Kier alpha value is -3.22. The molecule has 26 heavy (non-hydrogen) atoms. The Kier molecular flexibility index (Phi) is 3.12. The summed E-state index contributed by atoms with van der Waals surface area (Å²) in [5.74, 6) is -0.158. The molecular formula is C19H17N5O2. The van der Waals surface area contributed by atoms with E-state index in [9.17, 15) is 9.59 Å². The molecule has 1 saturated heterocycles. The van der Waals surface area contributed by atoms with Crippen LogP contribution in [0.3, 0.4) is 0 Å². The highest BCUT2D eigenvalue weighted by atomic mass is 16.2. The summed E-state index contributed by atoms with van der Waals surface area (Å²) in [4.78, 5) is 31.2. The van der Waals surface area contributed by atoms with Crippen molar-refractivity contribution in [3.05, 3.63) is 65.6 Å². The fraction of sp³-hybridized carbons (Fsp3) is 0.263. The molecule has 1 atom stereocenters. The number of carbonyl (C=O) groups is 2. The molecule has 5 rings (SSSR count). The number of nitrogens with zero attached hydrogens (tertiary/aromatic N) is 4. The lowest BCUT2D eigenvalue weighted by atomic mass is 9.78. The number of imide groups is 1. The Morgan fingerprint density at radius 3 is 2.81 bits per heavy atom. The third kappa shape index (κ3) is 2.13. The molecule has 3 aromatic rings. The summed E-state index contributed by atoms with van der Waals surface area (Å²) in [6, 6.07) is 13.3. The van der Waals surface area contributed by atoms with Crippen molar-refractivity contribution in [3.8, 4) is 0 Å². The van der Waals surface area contributed by atoms with Gasteiger partial charge in [0.15, 0.2) is 5.65 Å². The molecule has 1 unspecified atom stereocenters. The molecule has 3 heterocycles. The van der Waals surface area contributed by atoms with E-state index < -0.39 is 5.54 Å². The fourth-order valence-corrected chi connectivity index (χ4v) is 4.03. The second-order valence-electron chi connectivity index (χ2n) is 6.90. The van der Waals surface area contributed by atoms with E-state index in [-0.39, 0.29) is 18.5 Å². The SMILES string of the molecule is O=C1NC2(CCc3ccccc3C2)C(=O)N1Cc1cccc2ncnn12. The number of hydrogen-bond donors (Lipinski definition) is 1. The third-order valence-corrected chi connectivity index (χ3v) is 5.38. The van der Waals surface area contributed by atoms with Gasteiger partial charge in [-0.3, -0.25) is 9.69 Å². The van der Waals surface area contributed by atoms with Gasteiger partial charge >= 0.3 is 6.03 Å². The molecule has 1 aliphatic heterocycles. The van der Waals surface area contributed by atoms with Crippen molar-refractivity contribution in [3.63, 3.8) is 0 Å². The standard InChI is InChI=1S/C19H17N5O2/c25-17-19(9-8-13-4-1-2-5-14(13)10-19)22-18(26)23(17)11-15-6-3-7-16-20-12-21-24(15)16/h1-7,12H,8-11H2,(H,22,26). The number of aryl methyl sites for hydroxylation is 1. The van der Waals surface area contributed by atoms with Crippen LogP contribution in [0, 0.1) is 0 Å². The van der Waals surface area contributed by atoms with E-state index in [2.05, 4.69) is 21.5 Å². The van der Waals surface area contributed by atoms with Crippen LogP contribution in [0.5, 0.6) is 0 Å². The maximum absolute atomic E-state index is 13.2. The normalized spacial score (nSPS) is 22.1. The van der Waals surface area contributed by atoms with E-state index in [1.165, 1.54) is 16.8 Å². The van der Waals surface area contributed by atoms with Crippen LogP contribution in [0.2, 0.25) is 0 Å². The van der Waals surface area contributed by atoms with Crippen LogP contribution in [0.1, 0.15) is 23.2 Å². The first-order chi connectivity index (χ1) is 12.7. The largest absolute Gasteiger partial charge is 0.325 e. The molecular weight excluding hydrogens is 330 g/mol. The third-order valence-electron chi connectivity index (χ3n) is 5.38. The van der Waals surface area contributed by atoms with Gasteiger partial charge in [0.1, 0.15) is 11.9 Å². The molecule has 0 bridgehead atoms. The summed E-state index contributed by atoms with van der Waals surface area (Å²) in [5.41, 5.74) is 2.99. The molecule has 7 nitrogen and oxygen atoms in total. The molecule has 130 valence electrons. The quantitative estimate of drug-likeness (QED) is 0.716. The molecule has 1 aromatic carbocycles. The molecule has 2 aliphatic rings. The highest BCUT2D eigenvalue weighted by Gasteiger charge is 2.52. The first-order valence-corrected chi connectivity index (χ1v) is 8.65. The minimum atomic E-state index is -0.832. The van der Waals surface area contributed by atoms with Crippen molar-refractivity contribution >= 4 is 17.6 Å². The molecule has 7 heteroatoms. The van der Waals surface area contributed by atoms with Crippen molar-refractivity contribution in [1.29, 1.82) is 0 Å². The zero-order valence-corrected chi connectivity index (χ0v) is 14.1. The number of nitrogens with one attached hydrogen (secondary N) is 1. The van der Waals surface area contributed by atoms with Gasteiger partial charge in [-0.25, -0.2) is 14.3 Å². The first kappa shape index (κ1) is 15.1. The number of urea groups is 1. The summed E-state index contributed by atoms with van der Waals surface area (Å²) >= 11 is 0. The summed E-state index contributed by atoms with van der Waals surface area (Å²) < 4.78 is 1.65. The molecule has 1 spiro atoms. The number of fused-ring (bicyclic) bond motifs is 2. The minimum Gasteiger partial charge on any atom is -0.323 e. The van der Waals surface area contributed by atoms with Crippen LogP contribution in [-0.4, -0.2) is 37.0 Å². The van der Waals surface area contributed by atoms with E-state index in [0.29, 0.717) is 18.5 Å². The predicted molar refractivity (Wildman–Crippen MR) is 93.3 cm³/mol. The minimum absolute atomic E-state index is 0.158. The molecule has 3 amide bonds. The number of aromatic nitrogens is 3. The average Bonchev–Trinajstić information content (AvgIpc) is 3.22. The predicted octanol–water partition coefficient (Wildman–Crippen LogP) is 1.71. The van der Waals surface area contributed by atoms with Crippen molar-refractivity contribution in [2.45, 2.75) is 31.3 Å². The maximum Gasteiger partial charge on any atom is 0.325 e. The van der Waals surface area contributed by atoms with Crippen LogP contribution >= 0.6 is 0 Å². The van der Waals surface area contributed by atoms with Crippen LogP contribution in [0.25, 0.3) is 5.65 Å². The zero-order chi connectivity index (χ0) is 17.7. The summed E-state index contributed by atoms with van der Waals surface area (Å²) in [6.45, 7) is 0.175. The van der Waals surface area contributed by atoms with Crippen molar-refractivity contribution in [1.82, 2.24) is 24.8 Å². The lowest BCUT2D eigenvalue weighted by Gasteiger charge is -2.32. The first-order valence-electron chi connectivity index (χ1n) is 8.65. The summed E-state index contributed by atoms with van der Waals surface area (Å²) in [6.07, 6.45) is 3.41. The maximum atomic E-state index is 13.2. The second kappa shape index (κ2) is 5.39. The number of hydrogen-bond acceptors (Lipinski definition) is 4. The molecule has 1 aliphatic carbocycles. The highest BCUT2D eigenvalue weighted by Crippen LogP contribution is 2.34. The number of carbonyl (C=O) groups excluding carboxylic acids is 2. The second-order valence-corrected chi connectivity index (χ2v) is 6.90. The van der Waals surface area contributed by atoms with E-state index in [4.69, 9.17) is 0 Å². The van der Waals surface area contributed by atoms with E-state index in [1.54, 1.807) is 4.52 Å². The summed E-state index contributed by atoms with van der Waals surface area (Å²) in [5, 5.41) is 7.14. The lowest BCUT2D eigenvalue weighted by molar-refractivity contribution is -0.132. The summed E-state index contributed by atoms with van der Waals surface area (Å²) in [7, 11) is 0. The van der Waals surface area contributed by atoms with Crippen LogP contribution in [0.4, 0.5) is 4.79 Å². The van der Waals surface area contributed by atoms with E-state index in [0.717, 1.165) is 17.7 Å². The Morgan fingerprint density at radius 1 is 1.08 bits per heavy atom. The van der Waals surface area contributed by atoms with E-state index in [1.807, 2.05) is 36.4 Å². The Morgan fingerprint density at radius 2 is 1.92 bits per heavy atom. The van der Waals surface area contributed by atoms with Gasteiger partial charge in [0.25, 0.3) is 5.91 Å². The Balaban J connectivity index is 1.46. The molecule has 1 fully saturated rings. The zero-order valence-electron chi connectivity index (χ0n) is 14.1. The highest BCUT2D eigenvalue weighted by molar-refractivity contribution is 6.07. The molecule has 2 aromatic heterocycles. The van der Waals surface area contributed by atoms with Crippen LogP contribution in [0.15, 0.2) is 48.8 Å². The topological polar surface area (TPSA) is 79.6 Å². The van der Waals surface area contributed by atoms with Gasteiger partial charge in [0.05, 0.1) is 12.2 Å². The Bertz CT molecular complexity index is 1040. The monoisotopic (exact) mass is 347 g/mol.